The number of hydrogen-bond donors (Lipinski definition) is 4. The number of allylic oxidation sites excluding steroid dienone is 1. The van der Waals surface area contributed by atoms with E-state index in [9.17, 15) is 20.4 Å². The van der Waals surface area contributed by atoms with Crippen molar-refractivity contribution in [2.24, 2.45) is 52.3 Å². The van der Waals surface area contributed by atoms with Gasteiger partial charge < -0.3 is 29.9 Å². The molecular formula is C35H60O6. The van der Waals surface area contributed by atoms with Crippen molar-refractivity contribution in [2.75, 3.05) is 6.61 Å². The second-order valence-electron chi connectivity index (χ2n) is 15.7. The van der Waals surface area contributed by atoms with Gasteiger partial charge in [0, 0.05) is 0 Å². The molecule has 0 aromatic heterocycles. The van der Waals surface area contributed by atoms with E-state index in [2.05, 4.69) is 47.6 Å². The summed E-state index contributed by atoms with van der Waals surface area (Å²) >= 11 is 0. The number of aliphatic hydroxyl groups is 4. The van der Waals surface area contributed by atoms with Gasteiger partial charge in [-0.05, 0) is 110 Å². The Hall–Kier alpha value is -0.500. The van der Waals surface area contributed by atoms with E-state index in [4.69, 9.17) is 9.47 Å². The molecule has 6 heteroatoms. The van der Waals surface area contributed by atoms with Crippen LogP contribution in [0.15, 0.2) is 11.6 Å². The van der Waals surface area contributed by atoms with Crippen molar-refractivity contribution >= 4 is 0 Å². The Balaban J connectivity index is 1.24. The zero-order chi connectivity index (χ0) is 29.7. The van der Waals surface area contributed by atoms with Gasteiger partial charge in [-0.15, -0.1) is 0 Å². The third-order valence-corrected chi connectivity index (χ3v) is 13.5. The van der Waals surface area contributed by atoms with Crippen molar-refractivity contribution in [3.05, 3.63) is 11.6 Å². The first-order valence-electron chi connectivity index (χ1n) is 17.1. The van der Waals surface area contributed by atoms with Crippen molar-refractivity contribution in [2.45, 2.75) is 149 Å². The van der Waals surface area contributed by atoms with Crippen LogP contribution in [0, 0.1) is 52.3 Å². The Morgan fingerprint density at radius 2 is 1.71 bits per heavy atom. The summed E-state index contributed by atoms with van der Waals surface area (Å²) < 4.78 is 11.9. The average Bonchev–Trinajstić information content (AvgIpc) is 3.30. The zero-order valence-electron chi connectivity index (χ0n) is 26.7. The summed E-state index contributed by atoms with van der Waals surface area (Å²) in [4.78, 5) is 0. The fraction of sp³-hybridized carbons (Fsp3) is 0.943. The molecule has 6 nitrogen and oxygen atoms in total. The van der Waals surface area contributed by atoms with Crippen molar-refractivity contribution in [3.8, 4) is 0 Å². The summed E-state index contributed by atoms with van der Waals surface area (Å²) in [6, 6.07) is 0. The molecular weight excluding hydrogens is 516 g/mol. The minimum atomic E-state index is -1.40. The molecule has 0 unspecified atom stereocenters. The van der Waals surface area contributed by atoms with Crippen LogP contribution in [-0.2, 0) is 9.47 Å². The molecule has 236 valence electrons. The Morgan fingerprint density at radius 1 is 0.951 bits per heavy atom. The van der Waals surface area contributed by atoms with Gasteiger partial charge in [-0.2, -0.15) is 0 Å². The monoisotopic (exact) mass is 576 g/mol. The van der Waals surface area contributed by atoms with Gasteiger partial charge in [0.05, 0.1) is 12.7 Å². The van der Waals surface area contributed by atoms with Crippen LogP contribution >= 0.6 is 0 Å². The van der Waals surface area contributed by atoms with Gasteiger partial charge in [-0.3, -0.25) is 0 Å². The highest BCUT2D eigenvalue weighted by molar-refractivity contribution is 5.25. The van der Waals surface area contributed by atoms with Crippen LogP contribution in [0.4, 0.5) is 0 Å². The van der Waals surface area contributed by atoms with Gasteiger partial charge in [-0.1, -0.05) is 66.0 Å². The molecule has 0 amide bonds. The van der Waals surface area contributed by atoms with Crippen molar-refractivity contribution in [1.29, 1.82) is 0 Å². The van der Waals surface area contributed by atoms with Crippen LogP contribution in [0.2, 0.25) is 0 Å². The van der Waals surface area contributed by atoms with E-state index in [1.165, 1.54) is 56.9 Å². The summed E-state index contributed by atoms with van der Waals surface area (Å²) in [5, 5.41) is 40.4. The highest BCUT2D eigenvalue weighted by Gasteiger charge is 2.59. The van der Waals surface area contributed by atoms with E-state index in [1.807, 2.05) is 0 Å². The molecule has 4 fully saturated rings. The largest absolute Gasteiger partial charge is 0.394 e. The number of rotatable bonds is 9. The predicted octanol–water partition coefficient (Wildman–Crippen LogP) is 5.85. The molecule has 1 saturated heterocycles. The minimum Gasteiger partial charge on any atom is -0.394 e. The molecule has 4 aliphatic carbocycles. The highest BCUT2D eigenvalue weighted by atomic mass is 16.7. The molecule has 1 heterocycles. The normalized spacial score (nSPS) is 47.7. The second kappa shape index (κ2) is 12.5. The van der Waals surface area contributed by atoms with Crippen molar-refractivity contribution in [1.82, 2.24) is 0 Å². The first kappa shape index (κ1) is 31.9. The van der Waals surface area contributed by atoms with Crippen LogP contribution in [0.25, 0.3) is 0 Å². The smallest absolute Gasteiger partial charge is 0.186 e. The van der Waals surface area contributed by atoms with Crippen LogP contribution < -0.4 is 0 Å². The first-order valence-corrected chi connectivity index (χ1v) is 17.1. The Bertz CT molecular complexity index is 918. The minimum absolute atomic E-state index is 0.101. The highest BCUT2D eigenvalue weighted by Crippen LogP contribution is 2.67. The third-order valence-electron chi connectivity index (χ3n) is 13.5. The Morgan fingerprint density at radius 3 is 2.39 bits per heavy atom. The van der Waals surface area contributed by atoms with Crippen LogP contribution in [0.3, 0.4) is 0 Å². The quantitative estimate of drug-likeness (QED) is 0.257. The van der Waals surface area contributed by atoms with E-state index in [0.717, 1.165) is 60.7 Å². The van der Waals surface area contributed by atoms with E-state index >= 15 is 0 Å². The molecule has 4 N–H and O–H groups in total. The second-order valence-corrected chi connectivity index (χ2v) is 15.7. The standard InChI is InChI=1S/C35H60O6/c1-7-22(20(2)3)9-8-21(4)26-12-13-27-25-11-10-23-18-24(14-16-34(23,5)28(25)15-17-35(26,27)6)40-33-32(39)31(38)30(37)29(19-36)41-33/h10,20-22,24-33,36-39H,7-9,11-19H2,1-6H3/t21-,22+,24+,25+,26-,27-,28+,29-,30-,31+,32-,33-,34+,35-/m1/s1. The molecule has 0 spiro atoms. The maximum Gasteiger partial charge on any atom is 0.186 e. The number of aliphatic hydroxyl groups excluding tert-OH is 4. The van der Waals surface area contributed by atoms with Gasteiger partial charge >= 0.3 is 0 Å². The van der Waals surface area contributed by atoms with E-state index in [0.29, 0.717) is 5.41 Å². The molecule has 5 rings (SSSR count). The van der Waals surface area contributed by atoms with E-state index in [1.54, 1.807) is 0 Å². The lowest BCUT2D eigenvalue weighted by atomic mass is 9.47. The van der Waals surface area contributed by atoms with Gasteiger partial charge in [0.15, 0.2) is 6.29 Å². The maximum absolute atomic E-state index is 10.5. The summed E-state index contributed by atoms with van der Waals surface area (Å²) in [6.07, 6.45) is 9.92. The van der Waals surface area contributed by atoms with Gasteiger partial charge in [-0.25, -0.2) is 0 Å². The third kappa shape index (κ3) is 5.73. The molecule has 41 heavy (non-hydrogen) atoms. The maximum atomic E-state index is 10.5. The fourth-order valence-electron chi connectivity index (χ4n) is 10.8. The SMILES string of the molecule is CC[C@@H](CC[C@@H](C)[C@H]1CC[C@@H]2[C@@H]3CC=C4C[C@@H](O[C@@H]5O[C@H](CO)[C@@H](O)[C@H](O)[C@H]5O)CC[C@]4(C)[C@H]3CC[C@@]21C)C(C)C. The summed E-state index contributed by atoms with van der Waals surface area (Å²) in [5.41, 5.74) is 2.19. The van der Waals surface area contributed by atoms with Crippen LogP contribution in [-0.4, -0.2) is 63.8 Å². The number of hydrogen-bond acceptors (Lipinski definition) is 6. The first-order chi connectivity index (χ1) is 19.4. The van der Waals surface area contributed by atoms with Crippen LogP contribution in [0.1, 0.15) is 112 Å². The van der Waals surface area contributed by atoms with Crippen molar-refractivity contribution < 1.29 is 29.9 Å². The molecule has 0 aromatic carbocycles. The molecule has 14 atom stereocenters. The fourth-order valence-corrected chi connectivity index (χ4v) is 10.8. The van der Waals surface area contributed by atoms with E-state index < -0.39 is 37.3 Å². The summed E-state index contributed by atoms with van der Waals surface area (Å²) in [6.45, 7) is 14.5. The Labute approximate surface area is 249 Å². The topological polar surface area (TPSA) is 99.4 Å². The number of ether oxygens (including phenoxy) is 2. The predicted molar refractivity (Wildman–Crippen MR) is 161 cm³/mol. The number of fused-ring (bicyclic) bond motifs is 5. The molecule has 5 aliphatic rings. The average molecular weight is 577 g/mol. The molecule has 0 radical (unpaired) electrons. The lowest BCUT2D eigenvalue weighted by Gasteiger charge is -2.58. The Kier molecular flexibility index (Phi) is 9.71. The van der Waals surface area contributed by atoms with Gasteiger partial charge in [0.1, 0.15) is 24.4 Å². The summed E-state index contributed by atoms with van der Waals surface area (Å²) in [7, 11) is 0. The summed E-state index contributed by atoms with van der Waals surface area (Å²) in [5.74, 6) is 5.66. The molecule has 3 saturated carbocycles. The molecule has 1 aliphatic heterocycles. The van der Waals surface area contributed by atoms with Gasteiger partial charge in [0.2, 0.25) is 0 Å². The lowest BCUT2D eigenvalue weighted by molar-refractivity contribution is -0.313. The van der Waals surface area contributed by atoms with Crippen molar-refractivity contribution in [3.63, 3.8) is 0 Å². The molecule has 0 bridgehead atoms. The lowest BCUT2D eigenvalue weighted by Crippen LogP contribution is -2.60. The zero-order valence-corrected chi connectivity index (χ0v) is 26.7. The van der Waals surface area contributed by atoms with Gasteiger partial charge in [0.25, 0.3) is 0 Å². The van der Waals surface area contributed by atoms with E-state index in [-0.39, 0.29) is 11.5 Å². The van der Waals surface area contributed by atoms with Crippen LogP contribution in [0.5, 0.6) is 0 Å². The molecule has 0 aromatic rings.